The molecule has 3 nitrogen and oxygen atoms in total. The summed E-state index contributed by atoms with van der Waals surface area (Å²) in [5.41, 5.74) is 0. The van der Waals surface area contributed by atoms with Gasteiger partial charge in [-0.25, -0.2) is 4.79 Å². The molecule has 0 radical (unpaired) electrons. The number of hydrogen-bond acceptors (Lipinski definition) is 3. The van der Waals surface area contributed by atoms with Crippen LogP contribution in [-0.4, -0.2) is 24.8 Å². The summed E-state index contributed by atoms with van der Waals surface area (Å²) < 4.78 is 12.8. The molecule has 0 heterocycles. The quantitative estimate of drug-likeness (QED) is 0.0452. The summed E-state index contributed by atoms with van der Waals surface area (Å²) in [5, 5.41) is 0. The Morgan fingerprint density at radius 1 is 0.288 bits per heavy atom. The van der Waals surface area contributed by atoms with Crippen LogP contribution in [0, 0.1) is 0 Å². The highest BCUT2D eigenvalue weighted by Crippen LogP contribution is 2.21. The Labute approximate surface area is 373 Å². The third-order valence-corrected chi connectivity index (χ3v) is 13.2. The lowest BCUT2D eigenvalue weighted by Gasteiger charge is -2.23. The van der Waals surface area contributed by atoms with E-state index >= 15 is 0 Å². The second-order valence-electron chi connectivity index (χ2n) is 19.3. The van der Waals surface area contributed by atoms with Crippen molar-refractivity contribution >= 4 is 5.97 Å². The van der Waals surface area contributed by atoms with Crippen molar-refractivity contribution in [1.29, 1.82) is 0 Å². The van der Waals surface area contributed by atoms with Crippen LogP contribution in [0.1, 0.15) is 336 Å². The molecule has 354 valence electrons. The number of carbonyl (C=O) groups excluding carboxylic acids is 1. The minimum atomic E-state index is -0.376. The average molecular weight is 834 g/mol. The smallest absolute Gasteiger partial charge is 0.335 e. The van der Waals surface area contributed by atoms with Gasteiger partial charge in [0.1, 0.15) is 6.10 Å². The Hall–Kier alpha value is -0.570. The van der Waals surface area contributed by atoms with Crippen molar-refractivity contribution in [2.24, 2.45) is 0 Å². The fourth-order valence-corrected chi connectivity index (χ4v) is 9.01. The molecule has 2 atom stereocenters. The maximum absolute atomic E-state index is 13.8. The number of hydrogen-bond donors (Lipinski definition) is 0. The van der Waals surface area contributed by atoms with E-state index in [-0.39, 0.29) is 18.2 Å². The fourth-order valence-electron chi connectivity index (χ4n) is 9.01. The van der Waals surface area contributed by atoms with Crippen molar-refractivity contribution in [3.05, 3.63) is 0 Å². The molecule has 59 heavy (non-hydrogen) atoms. The Morgan fingerprint density at radius 2 is 0.508 bits per heavy atom. The molecule has 2 unspecified atom stereocenters. The van der Waals surface area contributed by atoms with E-state index in [0.29, 0.717) is 6.61 Å². The monoisotopic (exact) mass is 833 g/mol. The van der Waals surface area contributed by atoms with Crippen molar-refractivity contribution < 1.29 is 14.3 Å². The van der Waals surface area contributed by atoms with Crippen molar-refractivity contribution in [2.75, 3.05) is 6.61 Å². The van der Waals surface area contributed by atoms with E-state index in [9.17, 15) is 4.79 Å². The number of ether oxygens (including phenoxy) is 2. The van der Waals surface area contributed by atoms with E-state index in [0.717, 1.165) is 32.1 Å². The van der Waals surface area contributed by atoms with E-state index in [4.69, 9.17) is 9.47 Å². The zero-order valence-electron chi connectivity index (χ0n) is 41.5. The zero-order valence-corrected chi connectivity index (χ0v) is 41.5. The first-order chi connectivity index (χ1) is 29.2. The van der Waals surface area contributed by atoms with E-state index in [1.807, 2.05) is 0 Å². The Balaban J connectivity index is 4.68. The Bertz CT molecular complexity index is 766. The van der Waals surface area contributed by atoms with Crippen LogP contribution in [0.2, 0.25) is 0 Å². The molecular formula is C56H112O3. The second-order valence-corrected chi connectivity index (χ2v) is 19.3. The summed E-state index contributed by atoms with van der Waals surface area (Å²) in [7, 11) is 0. The first-order valence-corrected chi connectivity index (χ1v) is 28.0. The predicted octanol–water partition coefficient (Wildman–Crippen LogP) is 20.1. The SMILES string of the molecule is CCCCCCCCCCCCCCCCCCOC(CCCCCCCCCCCCCCCC)C(=O)OC(CCCCCCCC)CCCCCCCCCCC. The molecule has 0 aliphatic rings. The summed E-state index contributed by atoms with van der Waals surface area (Å²) in [6.45, 7) is 9.90. The molecule has 0 rings (SSSR count). The van der Waals surface area contributed by atoms with Gasteiger partial charge in [-0.2, -0.15) is 0 Å². The van der Waals surface area contributed by atoms with Crippen LogP contribution in [0.4, 0.5) is 0 Å². The number of esters is 1. The molecular weight excluding hydrogens is 721 g/mol. The van der Waals surface area contributed by atoms with Crippen LogP contribution >= 0.6 is 0 Å². The van der Waals surface area contributed by atoms with E-state index in [2.05, 4.69) is 27.7 Å². The Kier molecular flexibility index (Phi) is 51.3. The second kappa shape index (κ2) is 51.8. The molecule has 0 aromatic heterocycles. The zero-order chi connectivity index (χ0) is 42.8. The lowest BCUT2D eigenvalue weighted by atomic mass is 10.0. The predicted molar refractivity (Wildman–Crippen MR) is 264 cm³/mol. The summed E-state index contributed by atoms with van der Waals surface area (Å²) in [6.07, 6.45) is 63.3. The highest BCUT2D eigenvalue weighted by atomic mass is 16.6. The molecule has 0 saturated carbocycles. The topological polar surface area (TPSA) is 35.5 Å². The van der Waals surface area contributed by atoms with Gasteiger partial charge in [0.05, 0.1) is 0 Å². The molecule has 0 fully saturated rings. The van der Waals surface area contributed by atoms with Crippen molar-refractivity contribution in [2.45, 2.75) is 348 Å². The van der Waals surface area contributed by atoms with Crippen LogP contribution in [0.15, 0.2) is 0 Å². The lowest BCUT2D eigenvalue weighted by molar-refractivity contribution is -0.164. The normalized spacial score (nSPS) is 12.7. The van der Waals surface area contributed by atoms with Gasteiger partial charge in [-0.05, 0) is 38.5 Å². The summed E-state index contributed by atoms with van der Waals surface area (Å²) in [6, 6.07) is 0. The van der Waals surface area contributed by atoms with Gasteiger partial charge < -0.3 is 9.47 Å². The van der Waals surface area contributed by atoms with Gasteiger partial charge in [0.25, 0.3) is 0 Å². The average Bonchev–Trinajstić information content (AvgIpc) is 3.24. The van der Waals surface area contributed by atoms with Gasteiger partial charge in [0, 0.05) is 6.61 Å². The number of rotatable bonds is 52. The maximum Gasteiger partial charge on any atom is 0.335 e. The maximum atomic E-state index is 13.8. The molecule has 0 N–H and O–H groups in total. The highest BCUT2D eigenvalue weighted by Gasteiger charge is 2.24. The molecule has 0 aliphatic heterocycles. The molecule has 0 aromatic rings. The Morgan fingerprint density at radius 3 is 0.780 bits per heavy atom. The minimum absolute atomic E-state index is 0.0527. The summed E-state index contributed by atoms with van der Waals surface area (Å²) >= 11 is 0. The first-order valence-electron chi connectivity index (χ1n) is 28.0. The van der Waals surface area contributed by atoms with E-state index in [1.54, 1.807) is 0 Å². The van der Waals surface area contributed by atoms with Crippen molar-refractivity contribution in [3.63, 3.8) is 0 Å². The van der Waals surface area contributed by atoms with Crippen LogP contribution in [-0.2, 0) is 14.3 Å². The van der Waals surface area contributed by atoms with Gasteiger partial charge in [-0.3, -0.25) is 0 Å². The van der Waals surface area contributed by atoms with Gasteiger partial charge in [0.15, 0.2) is 6.10 Å². The molecule has 0 saturated heterocycles. The van der Waals surface area contributed by atoms with E-state index < -0.39 is 0 Å². The minimum Gasteiger partial charge on any atom is -0.460 e. The van der Waals surface area contributed by atoms with Crippen LogP contribution in [0.3, 0.4) is 0 Å². The lowest BCUT2D eigenvalue weighted by Crippen LogP contribution is -2.31. The van der Waals surface area contributed by atoms with Crippen LogP contribution < -0.4 is 0 Å². The van der Waals surface area contributed by atoms with Crippen LogP contribution in [0.25, 0.3) is 0 Å². The molecule has 0 spiro atoms. The third kappa shape index (κ3) is 46.8. The molecule has 0 bridgehead atoms. The largest absolute Gasteiger partial charge is 0.460 e. The van der Waals surface area contributed by atoms with E-state index in [1.165, 1.54) is 276 Å². The molecule has 0 amide bonds. The van der Waals surface area contributed by atoms with Gasteiger partial charge in [-0.15, -0.1) is 0 Å². The van der Waals surface area contributed by atoms with Crippen molar-refractivity contribution in [1.82, 2.24) is 0 Å². The van der Waals surface area contributed by atoms with Crippen LogP contribution in [0.5, 0.6) is 0 Å². The molecule has 0 aliphatic carbocycles. The number of unbranched alkanes of at least 4 members (excludes halogenated alkanes) is 41. The standard InChI is InChI=1S/C56H112O3/c1-5-9-13-17-21-24-26-28-30-31-33-35-38-41-45-49-53-58-55(52-48-44-40-37-34-32-29-27-25-22-18-14-10-6-2)56(57)59-54(50-46-42-20-16-12-8-4)51-47-43-39-36-23-19-15-11-7-3/h54-55H,5-53H2,1-4H3. The highest BCUT2D eigenvalue weighted by molar-refractivity contribution is 5.74. The van der Waals surface area contributed by atoms with Gasteiger partial charge >= 0.3 is 5.97 Å². The number of carbonyl (C=O) groups is 1. The van der Waals surface area contributed by atoms with Gasteiger partial charge in [0.2, 0.25) is 0 Å². The van der Waals surface area contributed by atoms with Crippen molar-refractivity contribution in [3.8, 4) is 0 Å². The molecule has 0 aromatic carbocycles. The fraction of sp³-hybridized carbons (Fsp3) is 0.982. The summed E-state index contributed by atoms with van der Waals surface area (Å²) in [5.74, 6) is -0.0527. The van der Waals surface area contributed by atoms with Gasteiger partial charge in [-0.1, -0.05) is 297 Å². The summed E-state index contributed by atoms with van der Waals surface area (Å²) in [4.78, 5) is 13.8. The third-order valence-electron chi connectivity index (χ3n) is 13.2. The first kappa shape index (κ1) is 58.4. The molecule has 3 heteroatoms.